The summed E-state index contributed by atoms with van der Waals surface area (Å²) in [6, 6.07) is 9.41. The fourth-order valence-electron chi connectivity index (χ4n) is 1.62. The van der Waals surface area contributed by atoms with Gasteiger partial charge in [-0.15, -0.1) is 0 Å². The fraction of sp³-hybridized carbons (Fsp3) is 0.154. The summed E-state index contributed by atoms with van der Waals surface area (Å²) in [6.45, 7) is 2.04. The van der Waals surface area contributed by atoms with Gasteiger partial charge < -0.3 is 0 Å². The normalized spacial score (nSPS) is 19.5. The van der Waals surface area contributed by atoms with Crippen molar-refractivity contribution in [3.8, 4) is 0 Å². The van der Waals surface area contributed by atoms with Gasteiger partial charge in [0.25, 0.3) is 0 Å². The van der Waals surface area contributed by atoms with E-state index in [2.05, 4.69) is 0 Å². The summed E-state index contributed by atoms with van der Waals surface area (Å²) in [4.78, 5) is 11.9. The molecule has 0 N–H and O–H groups in total. The summed E-state index contributed by atoms with van der Waals surface area (Å²) in [7, 11) is 0. The molecule has 0 saturated carbocycles. The van der Waals surface area contributed by atoms with Crippen LogP contribution in [0, 0.1) is 5.92 Å². The number of allylic oxidation sites excluding steroid dienone is 4. The SMILES string of the molecule is CC1C=CC=C1C(=O)c1ccccc1. The summed E-state index contributed by atoms with van der Waals surface area (Å²) >= 11 is 0. The van der Waals surface area contributed by atoms with Crippen LogP contribution in [0.4, 0.5) is 0 Å². The van der Waals surface area contributed by atoms with Gasteiger partial charge in [-0.05, 0) is 0 Å². The van der Waals surface area contributed by atoms with Crippen molar-refractivity contribution in [2.45, 2.75) is 6.92 Å². The van der Waals surface area contributed by atoms with Crippen LogP contribution in [0.3, 0.4) is 0 Å². The number of benzene rings is 1. The van der Waals surface area contributed by atoms with Crippen LogP contribution >= 0.6 is 0 Å². The molecule has 2 rings (SSSR count). The zero-order valence-corrected chi connectivity index (χ0v) is 8.10. The van der Waals surface area contributed by atoms with Crippen molar-refractivity contribution in [2.24, 2.45) is 5.92 Å². The van der Waals surface area contributed by atoms with Crippen LogP contribution in [-0.2, 0) is 0 Å². The van der Waals surface area contributed by atoms with E-state index < -0.39 is 0 Å². The monoisotopic (exact) mass is 184 g/mol. The van der Waals surface area contributed by atoms with Crippen molar-refractivity contribution in [3.63, 3.8) is 0 Å². The van der Waals surface area contributed by atoms with E-state index >= 15 is 0 Å². The van der Waals surface area contributed by atoms with E-state index in [1.54, 1.807) is 0 Å². The van der Waals surface area contributed by atoms with Crippen LogP contribution in [0.2, 0.25) is 0 Å². The molecule has 14 heavy (non-hydrogen) atoms. The van der Waals surface area contributed by atoms with Crippen molar-refractivity contribution in [2.75, 3.05) is 0 Å². The first-order chi connectivity index (χ1) is 6.79. The third-order valence-corrected chi connectivity index (χ3v) is 2.46. The number of rotatable bonds is 2. The van der Waals surface area contributed by atoms with Gasteiger partial charge in [0, 0.05) is 17.1 Å². The molecule has 1 atom stereocenters. The standard InChI is InChI=1S/C13H12O/c1-10-6-5-9-12(10)13(14)11-7-3-2-4-8-11/h2-10H,1H3. The van der Waals surface area contributed by atoms with E-state index in [1.807, 2.05) is 55.5 Å². The summed E-state index contributed by atoms with van der Waals surface area (Å²) in [5, 5.41) is 0. The Kier molecular flexibility index (Phi) is 2.32. The largest absolute Gasteiger partial charge is 0.289 e. The summed E-state index contributed by atoms with van der Waals surface area (Å²) < 4.78 is 0. The lowest BCUT2D eigenvalue weighted by Gasteiger charge is -2.06. The van der Waals surface area contributed by atoms with Crippen molar-refractivity contribution < 1.29 is 4.79 Å². The number of hydrogen-bond acceptors (Lipinski definition) is 1. The fourth-order valence-corrected chi connectivity index (χ4v) is 1.62. The molecular formula is C13H12O. The van der Waals surface area contributed by atoms with Crippen molar-refractivity contribution in [1.82, 2.24) is 0 Å². The smallest absolute Gasteiger partial charge is 0.189 e. The maximum atomic E-state index is 11.9. The van der Waals surface area contributed by atoms with Crippen molar-refractivity contribution in [3.05, 3.63) is 59.7 Å². The van der Waals surface area contributed by atoms with E-state index in [-0.39, 0.29) is 11.7 Å². The minimum atomic E-state index is 0.142. The van der Waals surface area contributed by atoms with Gasteiger partial charge in [0.1, 0.15) is 0 Å². The van der Waals surface area contributed by atoms with Crippen LogP contribution < -0.4 is 0 Å². The molecule has 1 aromatic rings. The van der Waals surface area contributed by atoms with Crippen LogP contribution in [0.25, 0.3) is 0 Å². The predicted octanol–water partition coefficient (Wildman–Crippen LogP) is 3.00. The highest BCUT2D eigenvalue weighted by Gasteiger charge is 2.18. The van der Waals surface area contributed by atoms with Crippen LogP contribution in [-0.4, -0.2) is 5.78 Å². The van der Waals surface area contributed by atoms with E-state index in [4.69, 9.17) is 0 Å². The third kappa shape index (κ3) is 1.53. The molecule has 1 heteroatoms. The Morgan fingerprint density at radius 3 is 2.50 bits per heavy atom. The second-order valence-electron chi connectivity index (χ2n) is 3.49. The predicted molar refractivity (Wildman–Crippen MR) is 57.2 cm³/mol. The number of carbonyl (C=O) groups is 1. The average Bonchev–Trinajstić information content (AvgIpc) is 2.65. The first kappa shape index (κ1) is 8.95. The van der Waals surface area contributed by atoms with Crippen LogP contribution in [0.1, 0.15) is 17.3 Å². The van der Waals surface area contributed by atoms with Crippen LogP contribution in [0.15, 0.2) is 54.1 Å². The molecule has 0 bridgehead atoms. The molecule has 0 amide bonds. The highest BCUT2D eigenvalue weighted by Crippen LogP contribution is 2.22. The molecule has 1 aliphatic rings. The molecule has 1 aromatic carbocycles. The summed E-state index contributed by atoms with van der Waals surface area (Å²) in [5.74, 6) is 0.394. The lowest BCUT2D eigenvalue weighted by Crippen LogP contribution is -2.07. The van der Waals surface area contributed by atoms with Gasteiger partial charge in [0.2, 0.25) is 0 Å². The number of ketones is 1. The minimum Gasteiger partial charge on any atom is -0.289 e. The molecule has 0 radical (unpaired) electrons. The maximum absolute atomic E-state index is 11.9. The molecule has 70 valence electrons. The molecule has 0 saturated heterocycles. The van der Waals surface area contributed by atoms with Gasteiger partial charge in [-0.3, -0.25) is 4.79 Å². The molecular weight excluding hydrogens is 172 g/mol. The maximum Gasteiger partial charge on any atom is 0.189 e. The quantitative estimate of drug-likeness (QED) is 0.646. The minimum absolute atomic E-state index is 0.142. The average molecular weight is 184 g/mol. The second kappa shape index (κ2) is 3.62. The van der Waals surface area contributed by atoms with E-state index in [9.17, 15) is 4.79 Å². The lowest BCUT2D eigenvalue weighted by atomic mass is 9.96. The topological polar surface area (TPSA) is 17.1 Å². The Balaban J connectivity index is 2.26. The number of Topliss-reactive ketones (excluding diaryl/α,β-unsaturated/α-hetero) is 1. The third-order valence-electron chi connectivity index (χ3n) is 2.46. The van der Waals surface area contributed by atoms with Crippen LogP contribution in [0.5, 0.6) is 0 Å². The van der Waals surface area contributed by atoms with Gasteiger partial charge in [0.05, 0.1) is 0 Å². The Labute approximate surface area is 83.8 Å². The van der Waals surface area contributed by atoms with Gasteiger partial charge >= 0.3 is 0 Å². The zero-order valence-electron chi connectivity index (χ0n) is 8.10. The molecule has 0 spiro atoms. The molecule has 0 aromatic heterocycles. The van der Waals surface area contributed by atoms with Gasteiger partial charge in [-0.25, -0.2) is 0 Å². The molecule has 1 nitrogen and oxygen atoms in total. The molecule has 0 aliphatic heterocycles. The number of hydrogen-bond donors (Lipinski definition) is 0. The summed E-state index contributed by atoms with van der Waals surface area (Å²) in [5.41, 5.74) is 1.66. The second-order valence-corrected chi connectivity index (χ2v) is 3.49. The number of carbonyl (C=O) groups excluding carboxylic acids is 1. The Morgan fingerprint density at radius 2 is 1.93 bits per heavy atom. The molecule has 0 fully saturated rings. The zero-order chi connectivity index (χ0) is 9.97. The first-order valence-corrected chi connectivity index (χ1v) is 4.77. The van der Waals surface area contributed by atoms with Gasteiger partial charge in [-0.2, -0.15) is 0 Å². The van der Waals surface area contributed by atoms with Gasteiger partial charge in [0.15, 0.2) is 5.78 Å². The highest BCUT2D eigenvalue weighted by atomic mass is 16.1. The van der Waals surface area contributed by atoms with Crippen molar-refractivity contribution >= 4 is 5.78 Å². The van der Waals surface area contributed by atoms with Crippen molar-refractivity contribution in [1.29, 1.82) is 0 Å². The first-order valence-electron chi connectivity index (χ1n) is 4.77. The summed E-state index contributed by atoms with van der Waals surface area (Å²) in [6.07, 6.45) is 5.89. The Bertz CT molecular complexity index is 399. The molecule has 1 unspecified atom stereocenters. The van der Waals surface area contributed by atoms with E-state index in [0.29, 0.717) is 0 Å². The van der Waals surface area contributed by atoms with E-state index in [1.165, 1.54) is 0 Å². The highest BCUT2D eigenvalue weighted by molar-refractivity contribution is 6.09. The Morgan fingerprint density at radius 1 is 1.21 bits per heavy atom. The van der Waals surface area contributed by atoms with Gasteiger partial charge in [-0.1, -0.05) is 55.5 Å². The Hall–Kier alpha value is -1.63. The molecule has 1 aliphatic carbocycles. The lowest BCUT2D eigenvalue weighted by molar-refractivity contribution is 0.102. The van der Waals surface area contributed by atoms with E-state index in [0.717, 1.165) is 11.1 Å². The molecule has 0 heterocycles.